The van der Waals surface area contributed by atoms with Crippen LogP contribution in [-0.4, -0.2) is 36.0 Å². The number of ether oxygens (including phenoxy) is 1. The minimum absolute atomic E-state index is 0.244. The number of hydrogen-bond acceptors (Lipinski definition) is 4. The van der Waals surface area contributed by atoms with Gasteiger partial charge in [0.15, 0.2) is 0 Å². The van der Waals surface area contributed by atoms with Gasteiger partial charge in [0.05, 0.1) is 13.2 Å². The number of nitrogens with one attached hydrogen (secondary N) is 1. The lowest BCUT2D eigenvalue weighted by atomic mass is 9.92. The Morgan fingerprint density at radius 2 is 2.10 bits per heavy atom. The second kappa shape index (κ2) is 5.21. The van der Waals surface area contributed by atoms with Crippen molar-refractivity contribution in [1.29, 1.82) is 5.26 Å². The molecule has 1 heterocycles. The molecule has 1 aromatic rings. The summed E-state index contributed by atoms with van der Waals surface area (Å²) in [6.45, 7) is 1.41. The van der Waals surface area contributed by atoms with Crippen molar-refractivity contribution in [2.24, 2.45) is 0 Å². The van der Waals surface area contributed by atoms with Gasteiger partial charge in [0.1, 0.15) is 17.8 Å². The van der Waals surface area contributed by atoms with Gasteiger partial charge in [-0.1, -0.05) is 18.2 Å². The number of amides is 3. The number of benzene rings is 1. The van der Waals surface area contributed by atoms with Crippen LogP contribution in [0.25, 0.3) is 0 Å². The highest BCUT2D eigenvalue weighted by Gasteiger charge is 2.47. The number of hydrogen-bond donors (Lipinski definition) is 1. The van der Waals surface area contributed by atoms with Gasteiger partial charge in [0.25, 0.3) is 5.91 Å². The zero-order chi connectivity index (χ0) is 14.8. The number of nitriles is 1. The number of urea groups is 1. The summed E-state index contributed by atoms with van der Waals surface area (Å²) >= 11 is 0. The van der Waals surface area contributed by atoms with E-state index in [0.717, 1.165) is 10.5 Å². The summed E-state index contributed by atoms with van der Waals surface area (Å²) in [6, 6.07) is 8.60. The van der Waals surface area contributed by atoms with Gasteiger partial charge in [-0.2, -0.15) is 5.26 Å². The maximum Gasteiger partial charge on any atom is 0.325 e. The fourth-order valence-corrected chi connectivity index (χ4v) is 2.31. The van der Waals surface area contributed by atoms with Gasteiger partial charge in [-0.15, -0.1) is 0 Å². The molecule has 1 fully saturated rings. The van der Waals surface area contributed by atoms with E-state index in [0.29, 0.717) is 12.2 Å². The summed E-state index contributed by atoms with van der Waals surface area (Å²) in [4.78, 5) is 25.0. The number of methoxy groups -OCH3 is 1. The molecule has 0 spiro atoms. The fourth-order valence-electron chi connectivity index (χ4n) is 2.31. The Morgan fingerprint density at radius 3 is 2.75 bits per heavy atom. The molecule has 6 nitrogen and oxygen atoms in total. The Hall–Kier alpha value is -2.55. The van der Waals surface area contributed by atoms with Crippen LogP contribution in [0.1, 0.15) is 12.5 Å². The minimum atomic E-state index is -1.05. The van der Waals surface area contributed by atoms with Crippen LogP contribution in [0.3, 0.4) is 0 Å². The summed E-state index contributed by atoms with van der Waals surface area (Å²) in [7, 11) is 1.55. The van der Waals surface area contributed by atoms with Crippen LogP contribution in [0.15, 0.2) is 24.3 Å². The van der Waals surface area contributed by atoms with Crippen LogP contribution >= 0.6 is 0 Å². The van der Waals surface area contributed by atoms with Crippen LogP contribution < -0.4 is 10.1 Å². The molecule has 0 aromatic heterocycles. The van der Waals surface area contributed by atoms with Gasteiger partial charge in [0, 0.05) is 6.42 Å². The molecule has 1 atom stereocenters. The third kappa shape index (κ3) is 2.30. The molecule has 104 valence electrons. The van der Waals surface area contributed by atoms with Crippen molar-refractivity contribution in [3.8, 4) is 11.8 Å². The molecule has 0 aliphatic carbocycles. The summed E-state index contributed by atoms with van der Waals surface area (Å²) in [5.41, 5.74) is -0.229. The Balaban J connectivity index is 2.27. The van der Waals surface area contributed by atoms with Crippen molar-refractivity contribution >= 4 is 11.9 Å². The van der Waals surface area contributed by atoms with E-state index in [-0.39, 0.29) is 6.54 Å². The van der Waals surface area contributed by atoms with Crippen molar-refractivity contribution < 1.29 is 14.3 Å². The molecule has 0 radical (unpaired) electrons. The average Bonchev–Trinajstić information content (AvgIpc) is 2.63. The van der Waals surface area contributed by atoms with Crippen LogP contribution in [0, 0.1) is 11.3 Å². The maximum atomic E-state index is 12.3. The monoisotopic (exact) mass is 273 g/mol. The van der Waals surface area contributed by atoms with Gasteiger partial charge in [-0.05, 0) is 18.6 Å². The number of nitrogens with zero attached hydrogens (tertiary/aromatic N) is 2. The zero-order valence-corrected chi connectivity index (χ0v) is 11.3. The molecule has 1 N–H and O–H groups in total. The molecule has 1 aliphatic rings. The second-order valence-corrected chi connectivity index (χ2v) is 4.80. The second-order valence-electron chi connectivity index (χ2n) is 4.80. The molecule has 3 amide bonds. The Morgan fingerprint density at radius 1 is 1.40 bits per heavy atom. The van der Waals surface area contributed by atoms with Crippen molar-refractivity contribution in [2.75, 3.05) is 13.7 Å². The van der Waals surface area contributed by atoms with Crippen LogP contribution in [0.4, 0.5) is 4.79 Å². The molecule has 1 aliphatic heterocycles. The summed E-state index contributed by atoms with van der Waals surface area (Å²) in [5.74, 6) is 0.268. The van der Waals surface area contributed by atoms with Crippen molar-refractivity contribution in [3.05, 3.63) is 29.8 Å². The zero-order valence-electron chi connectivity index (χ0n) is 11.3. The lowest BCUT2D eigenvalue weighted by molar-refractivity contribution is -0.130. The molecule has 1 saturated heterocycles. The first-order valence-electron chi connectivity index (χ1n) is 6.15. The molecule has 0 saturated carbocycles. The maximum absolute atomic E-state index is 12.3. The van der Waals surface area contributed by atoms with Crippen LogP contribution in [0.2, 0.25) is 0 Å². The highest BCUT2D eigenvalue weighted by Crippen LogP contribution is 2.27. The first kappa shape index (κ1) is 13.9. The third-order valence-corrected chi connectivity index (χ3v) is 3.31. The minimum Gasteiger partial charge on any atom is -0.496 e. The SMILES string of the molecule is COc1ccccc1C[C@@]1(C)NC(=O)N(CC#N)C1=O. The fraction of sp³-hybridized carbons (Fsp3) is 0.357. The van der Waals surface area contributed by atoms with E-state index in [2.05, 4.69) is 5.32 Å². The van der Waals surface area contributed by atoms with Crippen LogP contribution in [-0.2, 0) is 11.2 Å². The first-order chi connectivity index (χ1) is 9.51. The summed E-state index contributed by atoms with van der Waals surface area (Å²) in [6.07, 6.45) is 0.309. The summed E-state index contributed by atoms with van der Waals surface area (Å²) in [5, 5.41) is 11.3. The van der Waals surface area contributed by atoms with Crippen molar-refractivity contribution in [2.45, 2.75) is 18.9 Å². The van der Waals surface area contributed by atoms with E-state index in [9.17, 15) is 9.59 Å². The molecular weight excluding hydrogens is 258 g/mol. The molecular formula is C14H15N3O3. The number of para-hydroxylation sites is 1. The first-order valence-corrected chi connectivity index (χ1v) is 6.15. The predicted molar refractivity (Wildman–Crippen MR) is 71.0 cm³/mol. The van der Waals surface area contributed by atoms with Crippen molar-refractivity contribution in [1.82, 2.24) is 10.2 Å². The van der Waals surface area contributed by atoms with E-state index >= 15 is 0 Å². The van der Waals surface area contributed by atoms with Crippen LogP contribution in [0.5, 0.6) is 5.75 Å². The van der Waals surface area contributed by atoms with E-state index < -0.39 is 17.5 Å². The highest BCUT2D eigenvalue weighted by molar-refractivity contribution is 6.07. The smallest absolute Gasteiger partial charge is 0.325 e. The number of carbonyl (C=O) groups excluding carboxylic acids is 2. The topological polar surface area (TPSA) is 82.4 Å². The lowest BCUT2D eigenvalue weighted by Gasteiger charge is -2.22. The highest BCUT2D eigenvalue weighted by atomic mass is 16.5. The van der Waals surface area contributed by atoms with E-state index in [1.807, 2.05) is 24.3 Å². The van der Waals surface area contributed by atoms with Gasteiger partial charge in [0.2, 0.25) is 0 Å². The molecule has 20 heavy (non-hydrogen) atoms. The molecule has 6 heteroatoms. The lowest BCUT2D eigenvalue weighted by Crippen LogP contribution is -2.46. The van der Waals surface area contributed by atoms with Gasteiger partial charge < -0.3 is 10.1 Å². The molecule has 2 rings (SSSR count). The average molecular weight is 273 g/mol. The number of imide groups is 1. The molecule has 0 bridgehead atoms. The van der Waals surface area contributed by atoms with Gasteiger partial charge in [-0.3, -0.25) is 4.79 Å². The van der Waals surface area contributed by atoms with Gasteiger partial charge in [-0.25, -0.2) is 9.69 Å². The van der Waals surface area contributed by atoms with Gasteiger partial charge >= 0.3 is 6.03 Å². The largest absolute Gasteiger partial charge is 0.496 e. The quantitative estimate of drug-likeness (QED) is 0.657. The summed E-state index contributed by atoms with van der Waals surface area (Å²) < 4.78 is 5.25. The predicted octanol–water partition coefficient (Wildman–Crippen LogP) is 1.07. The Kier molecular flexibility index (Phi) is 3.61. The van der Waals surface area contributed by atoms with Crippen molar-refractivity contribution in [3.63, 3.8) is 0 Å². The Labute approximate surface area is 116 Å². The molecule has 0 unspecified atom stereocenters. The number of rotatable bonds is 4. The normalized spacial score (nSPS) is 21.6. The number of carbonyl (C=O) groups is 2. The standard InChI is InChI=1S/C14H15N3O3/c1-14(9-10-5-3-4-6-11(10)20-2)12(18)17(8-7-15)13(19)16-14/h3-6H,8-9H2,1-2H3,(H,16,19)/t14-/m1/s1. The van der Waals surface area contributed by atoms with E-state index in [1.54, 1.807) is 20.1 Å². The van der Waals surface area contributed by atoms with E-state index in [4.69, 9.17) is 10.00 Å². The molecule has 1 aromatic carbocycles. The third-order valence-electron chi connectivity index (χ3n) is 3.31. The van der Waals surface area contributed by atoms with E-state index in [1.165, 1.54) is 0 Å². The Bertz CT molecular complexity index is 594.